The molecule has 0 aliphatic carbocycles. The molecular weight excluding hydrogens is 290 g/mol. The number of hydrogen-bond acceptors (Lipinski definition) is 3. The largest absolute Gasteiger partial charge is 0.492 e. The molecule has 1 aromatic carbocycles. The molecule has 1 aromatic heterocycles. The number of rotatable bonds is 3. The summed E-state index contributed by atoms with van der Waals surface area (Å²) < 4.78 is 5.63. The number of hydrogen-bond donors (Lipinski definition) is 2. The molecule has 2 aromatic rings. The van der Waals surface area contributed by atoms with E-state index in [1.807, 2.05) is 19.1 Å². The van der Waals surface area contributed by atoms with E-state index in [-0.39, 0.29) is 11.8 Å². The van der Waals surface area contributed by atoms with E-state index >= 15 is 0 Å². The number of carbonyl (C=O) groups excluding carboxylic acids is 1. The van der Waals surface area contributed by atoms with E-state index < -0.39 is 0 Å². The van der Waals surface area contributed by atoms with Gasteiger partial charge in [0.05, 0.1) is 12.1 Å². The van der Waals surface area contributed by atoms with Gasteiger partial charge in [0.15, 0.2) is 0 Å². The highest BCUT2D eigenvalue weighted by atomic mass is 35.5. The van der Waals surface area contributed by atoms with Crippen LogP contribution in [0.5, 0.6) is 5.75 Å². The highest BCUT2D eigenvalue weighted by molar-refractivity contribution is 6.30. The van der Waals surface area contributed by atoms with Crippen molar-refractivity contribution in [1.82, 2.24) is 15.5 Å². The molecule has 5 nitrogen and oxygen atoms in total. The average Bonchev–Trinajstić information content (AvgIpc) is 2.89. The molecule has 0 saturated carbocycles. The van der Waals surface area contributed by atoms with Gasteiger partial charge < -0.3 is 10.1 Å². The zero-order valence-electron chi connectivity index (χ0n) is 11.6. The van der Waals surface area contributed by atoms with Crippen molar-refractivity contribution < 1.29 is 9.53 Å². The number of fused-ring (bicyclic) bond motifs is 1. The number of H-pyrrole nitrogens is 1. The number of aryl methyl sites for hydroxylation is 1. The molecule has 1 aliphatic heterocycles. The topological polar surface area (TPSA) is 67.0 Å². The molecule has 2 heterocycles. The maximum absolute atomic E-state index is 12.2. The molecule has 1 aliphatic rings. The van der Waals surface area contributed by atoms with Crippen LogP contribution in [0.1, 0.15) is 16.8 Å². The number of carbonyl (C=O) groups is 1. The molecule has 0 fully saturated rings. The molecule has 2 N–H and O–H groups in total. The maximum Gasteiger partial charge on any atom is 0.227 e. The fourth-order valence-electron chi connectivity index (χ4n) is 2.41. The normalized spacial score (nSPS) is 17.0. The monoisotopic (exact) mass is 305 g/mol. The Bertz CT molecular complexity index is 669. The standard InChI is InChI=1S/C15H16ClN3O2/c1-9-12(7-18-19-9)6-17-15(20)11-4-10-5-13(16)2-3-14(10)21-8-11/h2-3,5,7,11H,4,6,8H2,1H3,(H,17,20)(H,18,19). The third-order valence-electron chi connectivity index (χ3n) is 3.69. The van der Waals surface area contributed by atoms with Gasteiger partial charge in [-0.3, -0.25) is 9.89 Å². The van der Waals surface area contributed by atoms with Crippen LogP contribution in [0.15, 0.2) is 24.4 Å². The zero-order valence-corrected chi connectivity index (χ0v) is 12.4. The van der Waals surface area contributed by atoms with Crippen molar-refractivity contribution in [1.29, 1.82) is 0 Å². The van der Waals surface area contributed by atoms with Gasteiger partial charge in [-0.2, -0.15) is 5.10 Å². The second-order valence-corrected chi connectivity index (χ2v) is 5.64. The molecule has 110 valence electrons. The number of aromatic nitrogens is 2. The van der Waals surface area contributed by atoms with E-state index in [1.165, 1.54) is 0 Å². The molecule has 1 atom stereocenters. The molecule has 3 rings (SSSR count). The number of ether oxygens (including phenoxy) is 1. The quantitative estimate of drug-likeness (QED) is 0.914. The summed E-state index contributed by atoms with van der Waals surface area (Å²) in [5, 5.41) is 10.4. The van der Waals surface area contributed by atoms with E-state index in [0.717, 1.165) is 22.6 Å². The summed E-state index contributed by atoms with van der Waals surface area (Å²) in [6.07, 6.45) is 2.37. The van der Waals surface area contributed by atoms with Crippen molar-refractivity contribution in [2.75, 3.05) is 6.61 Å². The van der Waals surface area contributed by atoms with Crippen LogP contribution in [0.4, 0.5) is 0 Å². The van der Waals surface area contributed by atoms with Crippen molar-refractivity contribution in [3.05, 3.63) is 46.2 Å². The summed E-state index contributed by atoms with van der Waals surface area (Å²) in [7, 11) is 0. The maximum atomic E-state index is 12.2. The van der Waals surface area contributed by atoms with Gasteiger partial charge in [0.25, 0.3) is 0 Å². The summed E-state index contributed by atoms with van der Waals surface area (Å²) in [5.74, 6) is 0.610. The third kappa shape index (κ3) is 3.03. The van der Waals surface area contributed by atoms with Crippen molar-refractivity contribution in [2.24, 2.45) is 5.92 Å². The first-order chi connectivity index (χ1) is 10.1. The first kappa shape index (κ1) is 13.9. The molecule has 0 saturated heterocycles. The molecule has 0 spiro atoms. The zero-order chi connectivity index (χ0) is 14.8. The highest BCUT2D eigenvalue weighted by Gasteiger charge is 2.26. The Morgan fingerprint density at radius 3 is 3.19 bits per heavy atom. The van der Waals surface area contributed by atoms with Crippen LogP contribution >= 0.6 is 11.6 Å². The lowest BCUT2D eigenvalue weighted by Crippen LogP contribution is -2.37. The minimum Gasteiger partial charge on any atom is -0.492 e. The lowest BCUT2D eigenvalue weighted by atomic mass is 9.96. The molecule has 0 radical (unpaired) electrons. The Balaban J connectivity index is 1.63. The van der Waals surface area contributed by atoms with Crippen molar-refractivity contribution in [3.8, 4) is 5.75 Å². The summed E-state index contributed by atoms with van der Waals surface area (Å²) in [5.41, 5.74) is 2.93. The van der Waals surface area contributed by atoms with E-state index in [9.17, 15) is 4.79 Å². The number of amides is 1. The van der Waals surface area contributed by atoms with Gasteiger partial charge in [-0.15, -0.1) is 0 Å². The Kier molecular flexibility index (Phi) is 3.84. The predicted molar refractivity (Wildman–Crippen MR) is 79.3 cm³/mol. The van der Waals surface area contributed by atoms with Crippen LogP contribution in [0, 0.1) is 12.8 Å². The van der Waals surface area contributed by atoms with Gasteiger partial charge in [-0.05, 0) is 37.1 Å². The van der Waals surface area contributed by atoms with Gasteiger partial charge in [-0.25, -0.2) is 0 Å². The number of nitrogens with zero attached hydrogens (tertiary/aromatic N) is 1. The number of halogens is 1. The molecule has 1 amide bonds. The van der Waals surface area contributed by atoms with Crippen LogP contribution in [-0.2, 0) is 17.8 Å². The Morgan fingerprint density at radius 2 is 2.43 bits per heavy atom. The number of benzene rings is 1. The lowest BCUT2D eigenvalue weighted by Gasteiger charge is -2.24. The van der Waals surface area contributed by atoms with E-state index in [2.05, 4.69) is 15.5 Å². The Morgan fingerprint density at radius 1 is 1.57 bits per heavy atom. The fraction of sp³-hybridized carbons (Fsp3) is 0.333. The SMILES string of the molecule is Cc1[nH]ncc1CNC(=O)C1COc2ccc(Cl)cc2C1. The third-order valence-corrected chi connectivity index (χ3v) is 3.92. The molecule has 1 unspecified atom stereocenters. The molecule has 21 heavy (non-hydrogen) atoms. The first-order valence-electron chi connectivity index (χ1n) is 6.81. The van der Waals surface area contributed by atoms with E-state index in [0.29, 0.717) is 24.6 Å². The van der Waals surface area contributed by atoms with Crippen molar-refractivity contribution in [2.45, 2.75) is 19.9 Å². The summed E-state index contributed by atoms with van der Waals surface area (Å²) in [6.45, 7) is 2.79. The van der Waals surface area contributed by atoms with Crippen molar-refractivity contribution in [3.63, 3.8) is 0 Å². The van der Waals surface area contributed by atoms with Crippen LogP contribution in [0.25, 0.3) is 0 Å². The molecular formula is C15H16ClN3O2. The van der Waals surface area contributed by atoms with Gasteiger partial charge in [0, 0.05) is 22.8 Å². The number of nitrogens with one attached hydrogen (secondary N) is 2. The van der Waals surface area contributed by atoms with Crippen LogP contribution in [0.3, 0.4) is 0 Å². The van der Waals surface area contributed by atoms with Gasteiger partial charge in [0.1, 0.15) is 12.4 Å². The van der Waals surface area contributed by atoms with Crippen LogP contribution in [0.2, 0.25) is 5.02 Å². The molecule has 6 heteroatoms. The predicted octanol–water partition coefficient (Wildman–Crippen LogP) is 2.24. The van der Waals surface area contributed by atoms with Crippen LogP contribution in [-0.4, -0.2) is 22.7 Å². The summed E-state index contributed by atoms with van der Waals surface area (Å²) >= 11 is 5.98. The summed E-state index contributed by atoms with van der Waals surface area (Å²) in [4.78, 5) is 12.2. The van der Waals surface area contributed by atoms with E-state index in [1.54, 1.807) is 12.3 Å². The summed E-state index contributed by atoms with van der Waals surface area (Å²) in [6, 6.07) is 5.50. The number of aromatic amines is 1. The van der Waals surface area contributed by atoms with Gasteiger partial charge in [-0.1, -0.05) is 11.6 Å². The van der Waals surface area contributed by atoms with Crippen molar-refractivity contribution >= 4 is 17.5 Å². The minimum atomic E-state index is -0.192. The molecule has 0 bridgehead atoms. The second kappa shape index (κ2) is 5.77. The average molecular weight is 306 g/mol. The fourth-order valence-corrected chi connectivity index (χ4v) is 2.61. The lowest BCUT2D eigenvalue weighted by molar-refractivity contribution is -0.126. The Hall–Kier alpha value is -2.01. The second-order valence-electron chi connectivity index (χ2n) is 5.20. The minimum absolute atomic E-state index is 0.0128. The highest BCUT2D eigenvalue weighted by Crippen LogP contribution is 2.29. The smallest absolute Gasteiger partial charge is 0.227 e. The Labute approximate surface area is 127 Å². The van der Waals surface area contributed by atoms with Crippen LogP contribution < -0.4 is 10.1 Å². The first-order valence-corrected chi connectivity index (χ1v) is 7.19. The van der Waals surface area contributed by atoms with E-state index in [4.69, 9.17) is 16.3 Å². The van der Waals surface area contributed by atoms with Gasteiger partial charge in [0.2, 0.25) is 5.91 Å². The van der Waals surface area contributed by atoms with Gasteiger partial charge >= 0.3 is 0 Å².